The van der Waals surface area contributed by atoms with E-state index in [0.717, 1.165) is 43.0 Å². The van der Waals surface area contributed by atoms with Gasteiger partial charge in [0, 0.05) is 19.2 Å². The van der Waals surface area contributed by atoms with Gasteiger partial charge in [0.1, 0.15) is 5.82 Å². The summed E-state index contributed by atoms with van der Waals surface area (Å²) in [6.45, 7) is 1.39. The Morgan fingerprint density at radius 3 is 2.82 bits per heavy atom. The van der Waals surface area contributed by atoms with E-state index in [2.05, 4.69) is 10.4 Å². The molecule has 1 aliphatic rings. The van der Waals surface area contributed by atoms with Gasteiger partial charge in [-0.25, -0.2) is 9.48 Å². The topological polar surface area (TPSA) is 76.4 Å². The SMILES string of the molecule is COCc1nn(-c2ccc(C(=O)O)cc2)c2c1CCCCN2. The Hall–Kier alpha value is -2.34. The molecule has 2 aromatic rings. The first-order valence-corrected chi connectivity index (χ1v) is 7.38. The number of methoxy groups -OCH3 is 1. The number of anilines is 1. The number of fused-ring (bicyclic) bond motifs is 1. The highest BCUT2D eigenvalue weighted by molar-refractivity contribution is 5.87. The lowest BCUT2D eigenvalue weighted by atomic mass is 10.1. The lowest BCUT2D eigenvalue weighted by molar-refractivity contribution is 0.0697. The summed E-state index contributed by atoms with van der Waals surface area (Å²) in [5.41, 5.74) is 3.25. The van der Waals surface area contributed by atoms with Gasteiger partial charge in [0.05, 0.1) is 23.6 Å². The number of rotatable bonds is 4. The number of benzene rings is 1. The van der Waals surface area contributed by atoms with Crippen molar-refractivity contribution < 1.29 is 14.6 Å². The fraction of sp³-hybridized carbons (Fsp3) is 0.375. The zero-order valence-electron chi connectivity index (χ0n) is 12.5. The minimum absolute atomic E-state index is 0.270. The van der Waals surface area contributed by atoms with E-state index < -0.39 is 5.97 Å². The molecule has 6 heteroatoms. The molecule has 0 spiro atoms. The molecule has 0 saturated carbocycles. The molecule has 0 saturated heterocycles. The summed E-state index contributed by atoms with van der Waals surface area (Å²) in [6, 6.07) is 6.75. The third-order valence-electron chi connectivity index (χ3n) is 3.85. The van der Waals surface area contributed by atoms with Crippen molar-refractivity contribution in [1.82, 2.24) is 9.78 Å². The van der Waals surface area contributed by atoms with Gasteiger partial charge in [0.2, 0.25) is 0 Å². The molecule has 1 aromatic heterocycles. The molecular weight excluding hydrogens is 282 g/mol. The molecule has 0 radical (unpaired) electrons. The summed E-state index contributed by atoms with van der Waals surface area (Å²) in [5.74, 6) is 0.0664. The maximum atomic E-state index is 11.0. The smallest absolute Gasteiger partial charge is 0.335 e. The molecule has 22 heavy (non-hydrogen) atoms. The molecule has 0 aliphatic carbocycles. The maximum Gasteiger partial charge on any atom is 0.335 e. The van der Waals surface area contributed by atoms with Crippen LogP contribution in [0.4, 0.5) is 5.82 Å². The van der Waals surface area contributed by atoms with Crippen LogP contribution in [0.15, 0.2) is 24.3 Å². The second-order valence-electron chi connectivity index (χ2n) is 5.35. The summed E-state index contributed by atoms with van der Waals surface area (Å²) < 4.78 is 7.10. The van der Waals surface area contributed by atoms with Gasteiger partial charge in [-0.2, -0.15) is 5.10 Å². The van der Waals surface area contributed by atoms with Crippen molar-refractivity contribution in [2.75, 3.05) is 19.0 Å². The predicted octanol–water partition coefficient (Wildman–Crippen LogP) is 2.47. The number of carboxylic acids is 1. The molecule has 0 atom stereocenters. The predicted molar refractivity (Wildman–Crippen MR) is 82.7 cm³/mol. The quantitative estimate of drug-likeness (QED) is 0.907. The monoisotopic (exact) mass is 301 g/mol. The fourth-order valence-corrected chi connectivity index (χ4v) is 2.76. The molecule has 3 rings (SSSR count). The third kappa shape index (κ3) is 2.69. The molecular formula is C16H19N3O3. The van der Waals surface area contributed by atoms with Crippen LogP contribution in [0.2, 0.25) is 0 Å². The van der Waals surface area contributed by atoms with Crippen LogP contribution in [0.25, 0.3) is 5.69 Å². The van der Waals surface area contributed by atoms with E-state index in [1.165, 1.54) is 5.56 Å². The number of aromatic nitrogens is 2. The first kappa shape index (κ1) is 14.6. The number of nitrogens with one attached hydrogen (secondary N) is 1. The highest BCUT2D eigenvalue weighted by Crippen LogP contribution is 2.28. The first-order valence-electron chi connectivity index (χ1n) is 7.38. The van der Waals surface area contributed by atoms with Crippen LogP contribution >= 0.6 is 0 Å². The number of hydrogen-bond acceptors (Lipinski definition) is 4. The van der Waals surface area contributed by atoms with Gasteiger partial charge in [0.25, 0.3) is 0 Å². The van der Waals surface area contributed by atoms with Crippen LogP contribution < -0.4 is 5.32 Å². The minimum atomic E-state index is -0.927. The van der Waals surface area contributed by atoms with E-state index in [-0.39, 0.29) is 5.56 Å². The fourth-order valence-electron chi connectivity index (χ4n) is 2.76. The Morgan fingerprint density at radius 1 is 1.36 bits per heavy atom. The van der Waals surface area contributed by atoms with Crippen molar-refractivity contribution >= 4 is 11.8 Å². The van der Waals surface area contributed by atoms with Gasteiger partial charge in [-0.15, -0.1) is 0 Å². The van der Waals surface area contributed by atoms with E-state index in [1.54, 1.807) is 31.4 Å². The van der Waals surface area contributed by atoms with Gasteiger partial charge >= 0.3 is 5.97 Å². The number of hydrogen-bond donors (Lipinski definition) is 2. The number of ether oxygens (including phenoxy) is 1. The summed E-state index contributed by atoms with van der Waals surface area (Å²) >= 11 is 0. The van der Waals surface area contributed by atoms with Crippen molar-refractivity contribution in [2.45, 2.75) is 25.9 Å². The lowest BCUT2D eigenvalue weighted by Crippen LogP contribution is -2.07. The highest BCUT2D eigenvalue weighted by Gasteiger charge is 2.20. The summed E-state index contributed by atoms with van der Waals surface area (Å²) in [5, 5.41) is 17.1. The van der Waals surface area contributed by atoms with E-state index in [4.69, 9.17) is 9.84 Å². The molecule has 2 heterocycles. The molecule has 0 bridgehead atoms. The van der Waals surface area contributed by atoms with Crippen molar-refractivity contribution in [1.29, 1.82) is 0 Å². The van der Waals surface area contributed by atoms with E-state index >= 15 is 0 Å². The summed E-state index contributed by atoms with van der Waals surface area (Å²) in [4.78, 5) is 11.0. The number of carbonyl (C=O) groups is 1. The Morgan fingerprint density at radius 2 is 2.14 bits per heavy atom. The standard InChI is InChI=1S/C16H19N3O3/c1-22-10-14-13-4-2-3-9-17-15(13)19(18-14)12-7-5-11(6-8-12)16(20)21/h5-8,17H,2-4,9-10H2,1H3,(H,20,21). The molecule has 116 valence electrons. The van der Waals surface area contributed by atoms with Crippen molar-refractivity contribution in [3.8, 4) is 5.69 Å². The Kier molecular flexibility index (Phi) is 4.11. The van der Waals surface area contributed by atoms with E-state index in [9.17, 15) is 4.79 Å². The second-order valence-corrected chi connectivity index (χ2v) is 5.35. The lowest BCUT2D eigenvalue weighted by Gasteiger charge is -2.09. The average Bonchev–Trinajstić information content (AvgIpc) is 2.71. The second kappa shape index (κ2) is 6.19. The molecule has 0 unspecified atom stereocenters. The highest BCUT2D eigenvalue weighted by atomic mass is 16.5. The normalized spacial score (nSPS) is 14.0. The zero-order chi connectivity index (χ0) is 15.5. The van der Waals surface area contributed by atoms with E-state index in [0.29, 0.717) is 6.61 Å². The molecule has 6 nitrogen and oxygen atoms in total. The zero-order valence-corrected chi connectivity index (χ0v) is 12.5. The van der Waals surface area contributed by atoms with Gasteiger partial charge in [-0.3, -0.25) is 0 Å². The number of nitrogens with zero attached hydrogens (tertiary/aromatic N) is 2. The molecule has 0 fully saturated rings. The first-order chi connectivity index (χ1) is 10.7. The van der Waals surface area contributed by atoms with Gasteiger partial charge in [0.15, 0.2) is 0 Å². The van der Waals surface area contributed by atoms with Crippen LogP contribution in [0.1, 0.15) is 34.5 Å². The average molecular weight is 301 g/mol. The van der Waals surface area contributed by atoms with Crippen molar-refractivity contribution in [3.63, 3.8) is 0 Å². The van der Waals surface area contributed by atoms with Crippen molar-refractivity contribution in [3.05, 3.63) is 41.1 Å². The van der Waals surface area contributed by atoms with Gasteiger partial charge in [-0.1, -0.05) is 0 Å². The van der Waals surface area contributed by atoms with Crippen LogP contribution in [0.5, 0.6) is 0 Å². The number of aromatic carboxylic acids is 1. The summed E-state index contributed by atoms with van der Waals surface area (Å²) in [6.07, 6.45) is 3.23. The molecule has 1 aromatic carbocycles. The van der Waals surface area contributed by atoms with Gasteiger partial charge < -0.3 is 15.2 Å². The van der Waals surface area contributed by atoms with Crippen LogP contribution in [0.3, 0.4) is 0 Å². The van der Waals surface area contributed by atoms with Crippen LogP contribution in [-0.4, -0.2) is 34.5 Å². The molecule has 0 amide bonds. The molecule has 2 N–H and O–H groups in total. The maximum absolute atomic E-state index is 11.0. The Labute approximate surface area is 128 Å². The molecule has 1 aliphatic heterocycles. The Bertz CT molecular complexity index is 677. The van der Waals surface area contributed by atoms with Crippen molar-refractivity contribution in [2.24, 2.45) is 0 Å². The number of carboxylic acid groups (broad SMARTS) is 1. The minimum Gasteiger partial charge on any atom is -0.478 e. The van der Waals surface area contributed by atoms with Gasteiger partial charge in [-0.05, 0) is 43.5 Å². The van der Waals surface area contributed by atoms with Crippen LogP contribution in [0, 0.1) is 0 Å². The Balaban J connectivity index is 2.04. The summed E-state index contributed by atoms with van der Waals surface area (Å²) in [7, 11) is 1.66. The largest absolute Gasteiger partial charge is 0.478 e. The van der Waals surface area contributed by atoms with Crippen LogP contribution in [-0.2, 0) is 17.8 Å². The third-order valence-corrected chi connectivity index (χ3v) is 3.85. The van der Waals surface area contributed by atoms with E-state index in [1.807, 2.05) is 4.68 Å².